The molecular formula is C12H14ClN3O. The first kappa shape index (κ1) is 11.9. The Balaban J connectivity index is 2.21. The highest BCUT2D eigenvalue weighted by Gasteiger charge is 2.14. The summed E-state index contributed by atoms with van der Waals surface area (Å²) >= 11 is 5.81. The van der Waals surface area contributed by atoms with Crippen LogP contribution in [0.4, 0.5) is 6.01 Å². The molecule has 0 aliphatic heterocycles. The van der Waals surface area contributed by atoms with E-state index in [-0.39, 0.29) is 5.54 Å². The smallest absolute Gasteiger partial charge is 0.316 e. The number of rotatable bonds is 2. The van der Waals surface area contributed by atoms with E-state index in [2.05, 4.69) is 15.5 Å². The third-order valence-corrected chi connectivity index (χ3v) is 2.25. The summed E-state index contributed by atoms with van der Waals surface area (Å²) in [6.07, 6.45) is 0. The summed E-state index contributed by atoms with van der Waals surface area (Å²) in [5, 5.41) is 11.7. The topological polar surface area (TPSA) is 51.0 Å². The number of hydrogen-bond acceptors (Lipinski definition) is 4. The highest BCUT2D eigenvalue weighted by molar-refractivity contribution is 6.30. The van der Waals surface area contributed by atoms with Gasteiger partial charge in [0, 0.05) is 16.1 Å². The summed E-state index contributed by atoms with van der Waals surface area (Å²) in [5.74, 6) is 0.480. The second-order valence-corrected chi connectivity index (χ2v) is 5.23. The number of anilines is 1. The lowest BCUT2D eigenvalue weighted by atomic mass is 10.1. The molecule has 0 aliphatic rings. The summed E-state index contributed by atoms with van der Waals surface area (Å²) < 4.78 is 5.51. The summed E-state index contributed by atoms with van der Waals surface area (Å²) in [5.41, 5.74) is 0.743. The molecule has 1 heterocycles. The van der Waals surface area contributed by atoms with Crippen LogP contribution in [0.25, 0.3) is 11.5 Å². The first-order valence-corrected chi connectivity index (χ1v) is 5.69. The van der Waals surface area contributed by atoms with E-state index in [1.165, 1.54) is 0 Å². The van der Waals surface area contributed by atoms with E-state index in [4.69, 9.17) is 16.0 Å². The number of benzene rings is 1. The fraction of sp³-hybridized carbons (Fsp3) is 0.333. The Labute approximate surface area is 105 Å². The fourth-order valence-corrected chi connectivity index (χ4v) is 1.43. The minimum Gasteiger partial charge on any atom is -0.403 e. The van der Waals surface area contributed by atoms with Crippen LogP contribution in [-0.4, -0.2) is 15.7 Å². The van der Waals surface area contributed by atoms with Crippen molar-refractivity contribution in [2.24, 2.45) is 0 Å². The van der Waals surface area contributed by atoms with Crippen LogP contribution in [-0.2, 0) is 0 Å². The van der Waals surface area contributed by atoms with Gasteiger partial charge < -0.3 is 9.73 Å². The van der Waals surface area contributed by atoms with Crippen LogP contribution < -0.4 is 5.32 Å². The molecule has 0 amide bonds. The van der Waals surface area contributed by atoms with Gasteiger partial charge in [-0.05, 0) is 45.0 Å². The molecule has 0 atom stereocenters. The zero-order valence-electron chi connectivity index (χ0n) is 9.99. The van der Waals surface area contributed by atoms with Crippen molar-refractivity contribution in [3.8, 4) is 11.5 Å². The molecule has 0 fully saturated rings. The lowest BCUT2D eigenvalue weighted by Crippen LogP contribution is -2.26. The van der Waals surface area contributed by atoms with Gasteiger partial charge in [0.2, 0.25) is 5.89 Å². The standard InChI is InChI=1S/C12H14ClN3O/c1-12(2,3)14-11-16-15-10(17-11)8-4-6-9(13)7-5-8/h4-7H,1-3H3,(H,14,16). The number of nitrogens with one attached hydrogen (secondary N) is 1. The van der Waals surface area contributed by atoms with Gasteiger partial charge in [0.15, 0.2) is 0 Å². The zero-order chi connectivity index (χ0) is 12.5. The molecule has 2 aromatic rings. The van der Waals surface area contributed by atoms with Gasteiger partial charge in [-0.15, -0.1) is 5.10 Å². The minimum atomic E-state index is -0.107. The van der Waals surface area contributed by atoms with Crippen LogP contribution in [0.3, 0.4) is 0 Å². The molecule has 0 saturated carbocycles. The van der Waals surface area contributed by atoms with Gasteiger partial charge in [-0.25, -0.2) is 0 Å². The number of aromatic nitrogens is 2. The maximum Gasteiger partial charge on any atom is 0.316 e. The van der Waals surface area contributed by atoms with Gasteiger partial charge in [0.1, 0.15) is 0 Å². The maximum atomic E-state index is 5.81. The highest BCUT2D eigenvalue weighted by Crippen LogP contribution is 2.22. The predicted molar refractivity (Wildman–Crippen MR) is 68.1 cm³/mol. The van der Waals surface area contributed by atoms with Crippen LogP contribution in [0, 0.1) is 0 Å². The van der Waals surface area contributed by atoms with Crippen LogP contribution in [0.2, 0.25) is 5.02 Å². The molecule has 2 rings (SSSR count). The Morgan fingerprint density at radius 1 is 1.12 bits per heavy atom. The SMILES string of the molecule is CC(C)(C)Nc1nnc(-c2ccc(Cl)cc2)o1. The first-order chi connectivity index (χ1) is 7.94. The van der Waals surface area contributed by atoms with Crippen LogP contribution in [0.1, 0.15) is 20.8 Å². The first-order valence-electron chi connectivity index (χ1n) is 5.32. The molecule has 0 radical (unpaired) electrons. The molecular weight excluding hydrogens is 238 g/mol. The van der Waals surface area contributed by atoms with Crippen molar-refractivity contribution in [2.75, 3.05) is 5.32 Å². The molecule has 0 aliphatic carbocycles. The van der Waals surface area contributed by atoms with Crippen molar-refractivity contribution >= 4 is 17.6 Å². The summed E-state index contributed by atoms with van der Waals surface area (Å²) in [4.78, 5) is 0. The molecule has 5 heteroatoms. The Hall–Kier alpha value is -1.55. The molecule has 0 bridgehead atoms. The number of hydrogen-bond donors (Lipinski definition) is 1. The molecule has 17 heavy (non-hydrogen) atoms. The summed E-state index contributed by atoms with van der Waals surface area (Å²) in [6.45, 7) is 6.08. The van der Waals surface area contributed by atoms with Crippen LogP contribution in [0.5, 0.6) is 0 Å². The van der Waals surface area contributed by atoms with Gasteiger partial charge in [-0.3, -0.25) is 0 Å². The van der Waals surface area contributed by atoms with Gasteiger partial charge in [-0.2, -0.15) is 0 Å². The van der Waals surface area contributed by atoms with E-state index < -0.39 is 0 Å². The highest BCUT2D eigenvalue weighted by atomic mass is 35.5. The van der Waals surface area contributed by atoms with E-state index in [1.807, 2.05) is 32.9 Å². The second kappa shape index (κ2) is 4.37. The summed E-state index contributed by atoms with van der Waals surface area (Å²) in [6, 6.07) is 7.69. The number of nitrogens with zero attached hydrogens (tertiary/aromatic N) is 2. The van der Waals surface area contributed by atoms with E-state index in [0.717, 1.165) is 5.56 Å². The molecule has 1 aromatic heterocycles. The van der Waals surface area contributed by atoms with Crippen molar-refractivity contribution in [1.29, 1.82) is 0 Å². The molecule has 1 N–H and O–H groups in total. The summed E-state index contributed by atoms with van der Waals surface area (Å²) in [7, 11) is 0. The molecule has 0 spiro atoms. The zero-order valence-corrected chi connectivity index (χ0v) is 10.7. The van der Waals surface area contributed by atoms with Gasteiger partial charge in [-0.1, -0.05) is 16.7 Å². The molecule has 90 valence electrons. The quantitative estimate of drug-likeness (QED) is 0.886. The Morgan fingerprint density at radius 2 is 1.76 bits per heavy atom. The van der Waals surface area contributed by atoms with E-state index in [1.54, 1.807) is 12.1 Å². The average Bonchev–Trinajstić information content (AvgIpc) is 2.64. The van der Waals surface area contributed by atoms with Crippen molar-refractivity contribution in [2.45, 2.75) is 26.3 Å². The molecule has 1 aromatic carbocycles. The third kappa shape index (κ3) is 3.20. The Morgan fingerprint density at radius 3 is 2.35 bits per heavy atom. The van der Waals surface area contributed by atoms with E-state index >= 15 is 0 Å². The lowest BCUT2D eigenvalue weighted by molar-refractivity contribution is 0.538. The van der Waals surface area contributed by atoms with E-state index in [9.17, 15) is 0 Å². The van der Waals surface area contributed by atoms with Crippen molar-refractivity contribution in [3.63, 3.8) is 0 Å². The maximum absolute atomic E-state index is 5.81. The number of halogens is 1. The second-order valence-electron chi connectivity index (χ2n) is 4.79. The Kier molecular flexibility index (Phi) is 3.07. The van der Waals surface area contributed by atoms with Crippen molar-refractivity contribution < 1.29 is 4.42 Å². The third-order valence-electron chi connectivity index (χ3n) is 2.00. The Bertz CT molecular complexity index is 499. The van der Waals surface area contributed by atoms with Gasteiger partial charge in [0.25, 0.3) is 0 Å². The molecule has 4 nitrogen and oxygen atoms in total. The van der Waals surface area contributed by atoms with E-state index in [0.29, 0.717) is 16.9 Å². The fourth-order valence-electron chi connectivity index (χ4n) is 1.30. The lowest BCUT2D eigenvalue weighted by Gasteiger charge is -2.17. The largest absolute Gasteiger partial charge is 0.403 e. The molecule has 0 saturated heterocycles. The average molecular weight is 252 g/mol. The van der Waals surface area contributed by atoms with Crippen LogP contribution >= 0.6 is 11.6 Å². The van der Waals surface area contributed by atoms with Crippen molar-refractivity contribution in [3.05, 3.63) is 29.3 Å². The van der Waals surface area contributed by atoms with Gasteiger partial charge >= 0.3 is 6.01 Å². The molecule has 0 unspecified atom stereocenters. The van der Waals surface area contributed by atoms with Gasteiger partial charge in [0.05, 0.1) is 0 Å². The monoisotopic (exact) mass is 251 g/mol. The normalized spacial score (nSPS) is 11.5. The minimum absolute atomic E-state index is 0.107. The predicted octanol–water partition coefficient (Wildman–Crippen LogP) is 3.60. The van der Waals surface area contributed by atoms with Crippen molar-refractivity contribution in [1.82, 2.24) is 10.2 Å². The van der Waals surface area contributed by atoms with Crippen LogP contribution in [0.15, 0.2) is 28.7 Å².